The Labute approximate surface area is 109 Å². The number of nitrogens with one attached hydrogen (secondary N) is 1. The van der Waals surface area contributed by atoms with Crippen LogP contribution < -0.4 is 5.32 Å². The van der Waals surface area contributed by atoms with E-state index in [9.17, 15) is 0 Å². The lowest BCUT2D eigenvalue weighted by Gasteiger charge is -2.13. The number of nitrogens with zero attached hydrogens (tertiary/aromatic N) is 3. The van der Waals surface area contributed by atoms with E-state index in [1.807, 2.05) is 31.7 Å². The summed E-state index contributed by atoms with van der Waals surface area (Å²) in [4.78, 5) is 4.46. The fraction of sp³-hybridized carbons (Fsp3) is 0.231. The molecule has 0 aliphatic rings. The van der Waals surface area contributed by atoms with Gasteiger partial charge in [0.15, 0.2) is 0 Å². The molecule has 1 N–H and O–H groups in total. The average molecular weight is 258 g/mol. The monoisotopic (exact) mass is 258 g/mol. The molecular formula is C13H14N4S. The molecule has 4 nitrogen and oxygen atoms in total. The molecule has 0 saturated carbocycles. The molecule has 18 heavy (non-hydrogen) atoms. The van der Waals surface area contributed by atoms with Gasteiger partial charge in [0.2, 0.25) is 0 Å². The van der Waals surface area contributed by atoms with Crippen LogP contribution in [0.25, 0.3) is 10.2 Å². The molecule has 1 atom stereocenters. The van der Waals surface area contributed by atoms with Gasteiger partial charge < -0.3 is 5.32 Å². The van der Waals surface area contributed by atoms with Crippen molar-refractivity contribution in [3.8, 4) is 0 Å². The minimum absolute atomic E-state index is 0.216. The maximum Gasteiger partial charge on any atom is 0.0809 e. The number of fused-ring (bicyclic) bond motifs is 1. The summed E-state index contributed by atoms with van der Waals surface area (Å²) in [6, 6.07) is 4.46. The first-order chi connectivity index (χ1) is 8.72. The SMILES string of the molecule is CC(Nc1cnn(C)c1)c1cnc2ccsc2c1. The summed E-state index contributed by atoms with van der Waals surface area (Å²) in [5, 5.41) is 9.63. The first kappa shape index (κ1) is 11.2. The molecule has 92 valence electrons. The number of anilines is 1. The third kappa shape index (κ3) is 2.09. The Bertz CT molecular complexity index is 670. The van der Waals surface area contributed by atoms with E-state index >= 15 is 0 Å². The lowest BCUT2D eigenvalue weighted by Crippen LogP contribution is -2.06. The number of hydrogen-bond acceptors (Lipinski definition) is 4. The highest BCUT2D eigenvalue weighted by atomic mass is 32.1. The zero-order valence-electron chi connectivity index (χ0n) is 10.3. The molecule has 0 radical (unpaired) electrons. The van der Waals surface area contributed by atoms with Crippen molar-refractivity contribution in [2.45, 2.75) is 13.0 Å². The van der Waals surface area contributed by atoms with Gasteiger partial charge in [-0.2, -0.15) is 5.10 Å². The average Bonchev–Trinajstić information content (AvgIpc) is 2.96. The van der Waals surface area contributed by atoms with Crippen LogP contribution in [-0.4, -0.2) is 14.8 Å². The summed E-state index contributed by atoms with van der Waals surface area (Å²) in [5.41, 5.74) is 3.28. The number of aryl methyl sites for hydroxylation is 1. The molecule has 0 bridgehead atoms. The Balaban J connectivity index is 1.84. The molecule has 5 heteroatoms. The normalized spacial score (nSPS) is 12.8. The van der Waals surface area contributed by atoms with Crippen LogP contribution in [-0.2, 0) is 7.05 Å². The Kier molecular flexibility index (Phi) is 2.76. The van der Waals surface area contributed by atoms with Crippen molar-refractivity contribution in [3.63, 3.8) is 0 Å². The van der Waals surface area contributed by atoms with E-state index in [0.29, 0.717) is 0 Å². The highest BCUT2D eigenvalue weighted by Crippen LogP contribution is 2.24. The van der Waals surface area contributed by atoms with Crippen LogP contribution in [0.4, 0.5) is 5.69 Å². The second-order valence-corrected chi connectivity index (χ2v) is 5.29. The van der Waals surface area contributed by atoms with E-state index in [2.05, 4.69) is 33.8 Å². The first-order valence-electron chi connectivity index (χ1n) is 5.81. The van der Waals surface area contributed by atoms with Gasteiger partial charge in [0.25, 0.3) is 0 Å². The van der Waals surface area contributed by atoms with Gasteiger partial charge in [0.05, 0.1) is 28.1 Å². The zero-order chi connectivity index (χ0) is 12.5. The summed E-state index contributed by atoms with van der Waals surface area (Å²) in [5.74, 6) is 0. The molecule has 0 aliphatic heterocycles. The van der Waals surface area contributed by atoms with Gasteiger partial charge in [-0.1, -0.05) is 0 Å². The van der Waals surface area contributed by atoms with E-state index in [1.165, 1.54) is 10.3 Å². The lowest BCUT2D eigenvalue weighted by atomic mass is 10.1. The van der Waals surface area contributed by atoms with Crippen LogP contribution in [0, 0.1) is 0 Å². The van der Waals surface area contributed by atoms with Gasteiger partial charge >= 0.3 is 0 Å². The fourth-order valence-corrected chi connectivity index (χ4v) is 2.72. The molecule has 0 spiro atoms. The number of hydrogen-bond donors (Lipinski definition) is 1. The van der Waals surface area contributed by atoms with Crippen LogP contribution in [0.3, 0.4) is 0 Å². The topological polar surface area (TPSA) is 42.7 Å². The predicted octanol–water partition coefficient (Wildman–Crippen LogP) is 3.20. The second-order valence-electron chi connectivity index (χ2n) is 4.34. The van der Waals surface area contributed by atoms with Crippen molar-refractivity contribution in [3.05, 3.63) is 41.7 Å². The smallest absolute Gasteiger partial charge is 0.0809 e. The standard InChI is InChI=1S/C13H14N4S/c1-9(16-11-7-15-17(2)8-11)10-5-13-12(14-6-10)3-4-18-13/h3-9,16H,1-2H3. The Morgan fingerprint density at radius 2 is 2.28 bits per heavy atom. The van der Waals surface area contributed by atoms with Crippen LogP contribution in [0.15, 0.2) is 36.1 Å². The number of rotatable bonds is 3. The van der Waals surface area contributed by atoms with Crippen LogP contribution in [0.5, 0.6) is 0 Å². The second kappa shape index (κ2) is 4.42. The number of pyridine rings is 1. The quantitative estimate of drug-likeness (QED) is 0.784. The van der Waals surface area contributed by atoms with E-state index < -0.39 is 0 Å². The molecule has 0 fully saturated rings. The summed E-state index contributed by atoms with van der Waals surface area (Å²) in [6.45, 7) is 2.13. The molecule has 0 aromatic carbocycles. The van der Waals surface area contributed by atoms with Gasteiger partial charge in [-0.15, -0.1) is 11.3 Å². The first-order valence-corrected chi connectivity index (χ1v) is 6.68. The van der Waals surface area contributed by atoms with Gasteiger partial charge in [0, 0.05) is 19.4 Å². The van der Waals surface area contributed by atoms with Crippen LogP contribution in [0.1, 0.15) is 18.5 Å². The van der Waals surface area contributed by atoms with E-state index in [0.717, 1.165) is 11.2 Å². The highest BCUT2D eigenvalue weighted by Gasteiger charge is 2.08. The minimum atomic E-state index is 0.216. The number of aromatic nitrogens is 3. The molecule has 0 amide bonds. The van der Waals surface area contributed by atoms with Crippen molar-refractivity contribution < 1.29 is 0 Å². The maximum absolute atomic E-state index is 4.46. The fourth-order valence-electron chi connectivity index (χ4n) is 1.93. The number of thiophene rings is 1. The molecule has 3 aromatic heterocycles. The van der Waals surface area contributed by atoms with Crippen LogP contribution in [0.2, 0.25) is 0 Å². The lowest BCUT2D eigenvalue weighted by molar-refractivity contribution is 0.767. The molecule has 1 unspecified atom stereocenters. The van der Waals surface area contributed by atoms with Crippen molar-refractivity contribution in [2.24, 2.45) is 7.05 Å². The van der Waals surface area contributed by atoms with Crippen LogP contribution >= 0.6 is 11.3 Å². The highest BCUT2D eigenvalue weighted by molar-refractivity contribution is 7.17. The molecule has 3 heterocycles. The van der Waals surface area contributed by atoms with Crippen molar-refractivity contribution in [2.75, 3.05) is 5.32 Å². The van der Waals surface area contributed by atoms with Gasteiger partial charge in [0.1, 0.15) is 0 Å². The molecule has 0 saturated heterocycles. The largest absolute Gasteiger partial charge is 0.376 e. The summed E-state index contributed by atoms with van der Waals surface area (Å²) >= 11 is 1.72. The Morgan fingerprint density at radius 3 is 3.06 bits per heavy atom. The van der Waals surface area contributed by atoms with E-state index in [-0.39, 0.29) is 6.04 Å². The zero-order valence-corrected chi connectivity index (χ0v) is 11.1. The molecule has 3 aromatic rings. The van der Waals surface area contributed by atoms with Crippen molar-refractivity contribution >= 4 is 27.2 Å². The van der Waals surface area contributed by atoms with E-state index in [4.69, 9.17) is 0 Å². The molecule has 3 rings (SSSR count). The van der Waals surface area contributed by atoms with Crippen molar-refractivity contribution in [1.29, 1.82) is 0 Å². The maximum atomic E-state index is 4.46. The summed E-state index contributed by atoms with van der Waals surface area (Å²) < 4.78 is 3.02. The third-order valence-corrected chi connectivity index (χ3v) is 3.76. The van der Waals surface area contributed by atoms with Gasteiger partial charge in [-0.25, -0.2) is 0 Å². The minimum Gasteiger partial charge on any atom is -0.376 e. The third-order valence-electron chi connectivity index (χ3n) is 2.91. The summed E-state index contributed by atoms with van der Waals surface area (Å²) in [7, 11) is 1.91. The van der Waals surface area contributed by atoms with E-state index in [1.54, 1.807) is 16.0 Å². The Hall–Kier alpha value is -1.88. The predicted molar refractivity (Wildman–Crippen MR) is 74.9 cm³/mol. The molecular weight excluding hydrogens is 244 g/mol. The van der Waals surface area contributed by atoms with Gasteiger partial charge in [-0.05, 0) is 30.0 Å². The molecule has 0 aliphatic carbocycles. The van der Waals surface area contributed by atoms with Gasteiger partial charge in [-0.3, -0.25) is 9.67 Å². The Morgan fingerprint density at radius 1 is 1.39 bits per heavy atom. The van der Waals surface area contributed by atoms with Crippen molar-refractivity contribution in [1.82, 2.24) is 14.8 Å². The summed E-state index contributed by atoms with van der Waals surface area (Å²) in [6.07, 6.45) is 5.73.